The molecular formula is C12H9ClN4O. The number of benzene rings is 1. The van der Waals surface area contributed by atoms with Gasteiger partial charge in [-0.1, -0.05) is 28.9 Å². The van der Waals surface area contributed by atoms with Crippen molar-refractivity contribution in [3.8, 4) is 0 Å². The van der Waals surface area contributed by atoms with Gasteiger partial charge in [0.05, 0.1) is 11.8 Å². The Labute approximate surface area is 108 Å². The zero-order valence-electron chi connectivity index (χ0n) is 9.32. The summed E-state index contributed by atoms with van der Waals surface area (Å²) in [5, 5.41) is 8.37. The van der Waals surface area contributed by atoms with Crippen LogP contribution in [0.25, 0.3) is 11.0 Å². The summed E-state index contributed by atoms with van der Waals surface area (Å²) in [5.41, 5.74) is 1.76. The second-order valence-electron chi connectivity index (χ2n) is 3.65. The molecule has 2 aromatic heterocycles. The fourth-order valence-electron chi connectivity index (χ4n) is 1.62. The molecular weight excluding hydrogens is 252 g/mol. The Balaban J connectivity index is 1.87. The van der Waals surface area contributed by atoms with Gasteiger partial charge in [-0.3, -0.25) is 0 Å². The lowest BCUT2D eigenvalue weighted by Gasteiger charge is -1.97. The van der Waals surface area contributed by atoms with E-state index < -0.39 is 0 Å². The summed E-state index contributed by atoms with van der Waals surface area (Å²) in [7, 11) is 0. The average Bonchev–Trinajstić information content (AvgIpc) is 3.06. The van der Waals surface area contributed by atoms with Crippen molar-refractivity contribution in [2.24, 2.45) is 4.99 Å². The predicted molar refractivity (Wildman–Crippen MR) is 68.6 cm³/mol. The Hall–Kier alpha value is -2.14. The van der Waals surface area contributed by atoms with Crippen molar-refractivity contribution in [2.45, 2.75) is 6.67 Å². The first kappa shape index (κ1) is 11.0. The molecule has 6 heteroatoms. The number of nitrogens with zero attached hydrogens (tertiary/aromatic N) is 4. The molecule has 0 N–H and O–H groups in total. The van der Waals surface area contributed by atoms with Gasteiger partial charge in [0.15, 0.2) is 10.9 Å². The summed E-state index contributed by atoms with van der Waals surface area (Å²) in [6.07, 6.45) is 1.55. The van der Waals surface area contributed by atoms with Crippen LogP contribution < -0.4 is 0 Å². The monoisotopic (exact) mass is 260 g/mol. The minimum Gasteiger partial charge on any atom is -0.462 e. The van der Waals surface area contributed by atoms with Crippen molar-refractivity contribution in [3.63, 3.8) is 0 Å². The first-order valence-corrected chi connectivity index (χ1v) is 5.74. The van der Waals surface area contributed by atoms with Crippen LogP contribution in [-0.2, 0) is 6.67 Å². The van der Waals surface area contributed by atoms with E-state index >= 15 is 0 Å². The molecule has 0 saturated carbocycles. The highest BCUT2D eigenvalue weighted by atomic mass is 35.5. The lowest BCUT2D eigenvalue weighted by atomic mass is 10.3. The van der Waals surface area contributed by atoms with E-state index in [4.69, 9.17) is 16.0 Å². The number of aromatic nitrogens is 3. The Kier molecular flexibility index (Phi) is 2.82. The maximum atomic E-state index is 6.01. The fourth-order valence-corrected chi connectivity index (χ4v) is 1.79. The quantitative estimate of drug-likeness (QED) is 0.680. The van der Waals surface area contributed by atoms with E-state index in [-0.39, 0.29) is 0 Å². The van der Waals surface area contributed by atoms with E-state index in [1.807, 2.05) is 24.3 Å². The molecule has 0 aliphatic carbocycles. The van der Waals surface area contributed by atoms with Crippen LogP contribution >= 0.6 is 11.6 Å². The summed E-state index contributed by atoms with van der Waals surface area (Å²) in [5.74, 6) is 0.543. The van der Waals surface area contributed by atoms with Crippen molar-refractivity contribution < 1.29 is 4.42 Å². The highest BCUT2D eigenvalue weighted by Gasteiger charge is 2.04. The van der Waals surface area contributed by atoms with Gasteiger partial charge >= 0.3 is 0 Å². The van der Waals surface area contributed by atoms with E-state index in [0.29, 0.717) is 17.6 Å². The van der Waals surface area contributed by atoms with Gasteiger partial charge in [-0.2, -0.15) is 0 Å². The third-order valence-corrected chi connectivity index (χ3v) is 2.79. The van der Waals surface area contributed by atoms with Gasteiger partial charge < -0.3 is 4.42 Å². The Morgan fingerprint density at radius 3 is 3.00 bits per heavy atom. The molecule has 0 radical (unpaired) electrons. The van der Waals surface area contributed by atoms with Gasteiger partial charge in [-0.15, -0.1) is 5.10 Å². The maximum Gasteiger partial charge on any atom is 0.168 e. The van der Waals surface area contributed by atoms with Crippen LogP contribution in [0.2, 0.25) is 0 Å². The van der Waals surface area contributed by atoms with Crippen molar-refractivity contribution in [1.29, 1.82) is 0 Å². The molecule has 0 atom stereocenters. The number of hydrogen-bond acceptors (Lipinski definition) is 4. The summed E-state index contributed by atoms with van der Waals surface area (Å²) in [6, 6.07) is 11.2. The molecule has 3 aromatic rings. The second kappa shape index (κ2) is 4.62. The van der Waals surface area contributed by atoms with Crippen LogP contribution in [0.3, 0.4) is 0 Å². The van der Waals surface area contributed by atoms with E-state index in [0.717, 1.165) is 11.0 Å². The average molecular weight is 261 g/mol. The van der Waals surface area contributed by atoms with Gasteiger partial charge in [0, 0.05) is 0 Å². The molecule has 0 unspecified atom stereocenters. The number of rotatable bonds is 3. The van der Waals surface area contributed by atoms with E-state index in [1.54, 1.807) is 23.1 Å². The van der Waals surface area contributed by atoms with Crippen LogP contribution in [0.1, 0.15) is 5.76 Å². The van der Waals surface area contributed by atoms with Crippen LogP contribution in [-0.4, -0.2) is 20.2 Å². The number of halogens is 1. The molecule has 3 rings (SSSR count). The highest BCUT2D eigenvalue weighted by Crippen LogP contribution is 2.11. The molecule has 1 aromatic carbocycles. The first-order chi connectivity index (χ1) is 8.84. The second-order valence-corrected chi connectivity index (χ2v) is 4.00. The number of furan rings is 1. The molecule has 2 heterocycles. The van der Waals surface area contributed by atoms with Crippen LogP contribution in [0.4, 0.5) is 0 Å². The maximum absolute atomic E-state index is 6.01. The molecule has 18 heavy (non-hydrogen) atoms. The predicted octanol–water partition coefficient (Wildman–Crippen LogP) is 2.67. The van der Waals surface area contributed by atoms with Crippen molar-refractivity contribution in [3.05, 3.63) is 48.4 Å². The van der Waals surface area contributed by atoms with E-state index in [2.05, 4.69) is 15.3 Å². The Bertz CT molecular complexity index is 687. The van der Waals surface area contributed by atoms with E-state index in [1.165, 1.54) is 0 Å². The minimum absolute atomic E-state index is 0.306. The fraction of sp³-hybridized carbons (Fsp3) is 0.0833. The molecule has 0 amide bonds. The zero-order chi connectivity index (χ0) is 12.4. The molecule has 0 aliphatic heterocycles. The minimum atomic E-state index is 0.306. The molecule has 0 aliphatic rings. The first-order valence-electron chi connectivity index (χ1n) is 5.36. The largest absolute Gasteiger partial charge is 0.462 e. The summed E-state index contributed by atoms with van der Waals surface area (Å²) in [4.78, 5) is 4.21. The highest BCUT2D eigenvalue weighted by molar-refractivity contribution is 6.69. The number of hydrogen-bond donors (Lipinski definition) is 0. The number of fused-ring (bicyclic) bond motifs is 1. The van der Waals surface area contributed by atoms with Crippen LogP contribution in [0, 0.1) is 0 Å². The lowest BCUT2D eigenvalue weighted by molar-refractivity contribution is 0.557. The van der Waals surface area contributed by atoms with Gasteiger partial charge in [-0.25, -0.2) is 9.67 Å². The lowest BCUT2D eigenvalue weighted by Crippen LogP contribution is -2.00. The summed E-state index contributed by atoms with van der Waals surface area (Å²) < 4.78 is 6.83. The van der Waals surface area contributed by atoms with Crippen LogP contribution in [0.5, 0.6) is 0 Å². The Morgan fingerprint density at radius 1 is 1.28 bits per heavy atom. The normalized spacial score (nSPS) is 12.2. The summed E-state index contributed by atoms with van der Waals surface area (Å²) in [6.45, 7) is 0.306. The number of para-hydroxylation sites is 1. The molecule has 5 nitrogen and oxygen atoms in total. The molecule has 0 spiro atoms. The van der Waals surface area contributed by atoms with Gasteiger partial charge in [0.25, 0.3) is 0 Å². The Morgan fingerprint density at radius 2 is 2.17 bits per heavy atom. The molecule has 0 bridgehead atoms. The van der Waals surface area contributed by atoms with Crippen LogP contribution in [0.15, 0.2) is 52.1 Å². The molecule has 90 valence electrons. The SMILES string of the molecule is Cl/C(=N\Cn1nnc2ccccc21)c1ccco1. The topological polar surface area (TPSA) is 56.2 Å². The van der Waals surface area contributed by atoms with Crippen molar-refractivity contribution in [1.82, 2.24) is 15.0 Å². The molecule has 0 saturated heterocycles. The zero-order valence-corrected chi connectivity index (χ0v) is 10.1. The van der Waals surface area contributed by atoms with Crippen molar-refractivity contribution >= 4 is 27.8 Å². The van der Waals surface area contributed by atoms with Gasteiger partial charge in [0.1, 0.15) is 12.2 Å². The van der Waals surface area contributed by atoms with Gasteiger partial charge in [0.2, 0.25) is 0 Å². The third kappa shape index (κ3) is 2.00. The van der Waals surface area contributed by atoms with E-state index in [9.17, 15) is 0 Å². The standard InChI is InChI=1S/C12H9ClN4O/c13-12(11-6-3-7-18-11)14-8-17-10-5-2-1-4-9(10)15-16-17/h1-7H,8H2/b14-12-. The van der Waals surface area contributed by atoms with Gasteiger partial charge in [-0.05, 0) is 24.3 Å². The third-order valence-electron chi connectivity index (χ3n) is 2.49. The van der Waals surface area contributed by atoms with Crippen molar-refractivity contribution in [2.75, 3.05) is 0 Å². The number of aliphatic imine (C=N–C) groups is 1. The summed E-state index contributed by atoms with van der Waals surface area (Å²) >= 11 is 6.01. The molecule has 0 fully saturated rings. The smallest absolute Gasteiger partial charge is 0.168 e.